The molecule has 0 aliphatic carbocycles. The first-order chi connectivity index (χ1) is 8.29. The van der Waals surface area contributed by atoms with Crippen molar-refractivity contribution in [2.24, 2.45) is 0 Å². The summed E-state index contributed by atoms with van der Waals surface area (Å²) in [4.78, 5) is 0. The van der Waals surface area contributed by atoms with Gasteiger partial charge in [0, 0.05) is 18.7 Å². The van der Waals surface area contributed by atoms with Crippen LogP contribution in [0.15, 0.2) is 12.1 Å². The lowest BCUT2D eigenvalue weighted by molar-refractivity contribution is -0.135. The highest BCUT2D eigenvalue weighted by Crippen LogP contribution is 2.24. The molecule has 7 heteroatoms. The molecule has 0 saturated carbocycles. The molecule has 2 nitrogen and oxygen atoms in total. The molecule has 0 unspecified atom stereocenters. The first-order valence-corrected chi connectivity index (χ1v) is 5.35. The van der Waals surface area contributed by atoms with Crippen LogP contribution in [0.4, 0.5) is 33.3 Å². The van der Waals surface area contributed by atoms with Gasteiger partial charge in [-0.15, -0.1) is 0 Å². The fourth-order valence-corrected chi connectivity index (χ4v) is 1.43. The van der Waals surface area contributed by atoms with Crippen LogP contribution in [0.2, 0.25) is 0 Å². The number of benzene rings is 1. The van der Waals surface area contributed by atoms with E-state index in [1.54, 1.807) is 0 Å². The zero-order chi connectivity index (χ0) is 13.8. The molecule has 0 amide bonds. The Morgan fingerprint density at radius 2 is 1.61 bits per heavy atom. The summed E-state index contributed by atoms with van der Waals surface area (Å²) in [7, 11) is 0. The summed E-state index contributed by atoms with van der Waals surface area (Å²) in [5.74, 6) is -1.72. The fourth-order valence-electron chi connectivity index (χ4n) is 1.43. The molecule has 0 spiro atoms. The molecule has 102 valence electrons. The van der Waals surface area contributed by atoms with Crippen LogP contribution >= 0.6 is 0 Å². The average Bonchev–Trinajstić information content (AvgIpc) is 2.19. The van der Waals surface area contributed by atoms with Gasteiger partial charge < -0.3 is 11.1 Å². The second kappa shape index (κ2) is 5.88. The van der Waals surface area contributed by atoms with Crippen LogP contribution in [0.25, 0.3) is 0 Å². The van der Waals surface area contributed by atoms with E-state index in [1.807, 2.05) is 0 Å². The molecule has 0 aliphatic heterocycles. The first-order valence-electron chi connectivity index (χ1n) is 5.35. The summed E-state index contributed by atoms with van der Waals surface area (Å²) in [6, 6.07) is 1.89. The predicted molar refractivity (Wildman–Crippen MR) is 59.2 cm³/mol. The van der Waals surface area contributed by atoms with E-state index in [9.17, 15) is 22.0 Å². The maximum Gasteiger partial charge on any atom is 0.389 e. The number of nitrogens with one attached hydrogen (secondary N) is 1. The van der Waals surface area contributed by atoms with Crippen molar-refractivity contribution in [1.82, 2.24) is 0 Å². The maximum atomic E-state index is 13.2. The van der Waals surface area contributed by atoms with Crippen molar-refractivity contribution in [1.29, 1.82) is 0 Å². The fraction of sp³-hybridized carbons (Fsp3) is 0.455. The molecule has 1 rings (SSSR count). The third-order valence-electron chi connectivity index (χ3n) is 2.25. The van der Waals surface area contributed by atoms with Crippen LogP contribution in [0, 0.1) is 11.6 Å². The largest absolute Gasteiger partial charge is 0.399 e. The SMILES string of the molecule is Nc1cc(F)c(NCCCCC(F)(F)F)c(F)c1. The van der Waals surface area contributed by atoms with Crippen LogP contribution in [0.5, 0.6) is 0 Å². The zero-order valence-corrected chi connectivity index (χ0v) is 9.45. The molecule has 0 aromatic heterocycles. The van der Waals surface area contributed by atoms with E-state index in [2.05, 4.69) is 5.32 Å². The van der Waals surface area contributed by atoms with Crippen LogP contribution in [-0.4, -0.2) is 12.7 Å². The Morgan fingerprint density at radius 3 is 2.11 bits per heavy atom. The van der Waals surface area contributed by atoms with Crippen LogP contribution in [-0.2, 0) is 0 Å². The summed E-state index contributed by atoms with van der Waals surface area (Å²) >= 11 is 0. The van der Waals surface area contributed by atoms with Gasteiger partial charge in [0.2, 0.25) is 0 Å². The van der Waals surface area contributed by atoms with Crippen molar-refractivity contribution in [3.8, 4) is 0 Å². The average molecular weight is 268 g/mol. The van der Waals surface area contributed by atoms with E-state index < -0.39 is 24.2 Å². The number of hydrogen-bond donors (Lipinski definition) is 2. The van der Waals surface area contributed by atoms with Crippen molar-refractivity contribution in [3.05, 3.63) is 23.8 Å². The molecule has 1 aromatic rings. The van der Waals surface area contributed by atoms with E-state index in [0.717, 1.165) is 12.1 Å². The van der Waals surface area contributed by atoms with E-state index in [-0.39, 0.29) is 30.8 Å². The Morgan fingerprint density at radius 1 is 1.06 bits per heavy atom. The van der Waals surface area contributed by atoms with Crippen molar-refractivity contribution >= 4 is 11.4 Å². The van der Waals surface area contributed by atoms with Crippen LogP contribution in [0.1, 0.15) is 19.3 Å². The number of rotatable bonds is 5. The Balaban J connectivity index is 2.41. The van der Waals surface area contributed by atoms with E-state index >= 15 is 0 Å². The molecule has 0 heterocycles. The smallest absolute Gasteiger partial charge is 0.389 e. The highest BCUT2D eigenvalue weighted by atomic mass is 19.4. The molecule has 1 aromatic carbocycles. The minimum absolute atomic E-state index is 0.0485. The van der Waals surface area contributed by atoms with Gasteiger partial charge in [-0.1, -0.05) is 0 Å². The molecule has 0 fully saturated rings. The van der Waals surface area contributed by atoms with Crippen LogP contribution in [0.3, 0.4) is 0 Å². The summed E-state index contributed by atoms with van der Waals surface area (Å²) in [5.41, 5.74) is 4.81. The van der Waals surface area contributed by atoms with Gasteiger partial charge in [-0.25, -0.2) is 8.78 Å². The van der Waals surface area contributed by atoms with Gasteiger partial charge in [0.25, 0.3) is 0 Å². The number of hydrogen-bond acceptors (Lipinski definition) is 2. The minimum Gasteiger partial charge on any atom is -0.399 e. The lowest BCUT2D eigenvalue weighted by Crippen LogP contribution is -2.10. The van der Waals surface area contributed by atoms with Gasteiger partial charge in [-0.3, -0.25) is 0 Å². The molecule has 0 atom stereocenters. The van der Waals surface area contributed by atoms with E-state index in [1.165, 1.54) is 0 Å². The Hall–Kier alpha value is -1.53. The van der Waals surface area contributed by atoms with E-state index in [4.69, 9.17) is 5.73 Å². The number of alkyl halides is 3. The monoisotopic (exact) mass is 268 g/mol. The minimum atomic E-state index is -4.20. The highest BCUT2D eigenvalue weighted by molar-refractivity contribution is 5.53. The molecular weight excluding hydrogens is 255 g/mol. The predicted octanol–water partition coefficient (Wildman–Crippen LogP) is 3.69. The lowest BCUT2D eigenvalue weighted by atomic mass is 10.2. The molecule has 0 radical (unpaired) electrons. The Kier molecular flexibility index (Phi) is 4.75. The number of nitrogen functional groups attached to an aromatic ring is 1. The summed E-state index contributed by atoms with van der Waals surface area (Å²) < 4.78 is 62.0. The summed E-state index contributed by atoms with van der Waals surface area (Å²) in [6.45, 7) is 0.0633. The highest BCUT2D eigenvalue weighted by Gasteiger charge is 2.25. The quantitative estimate of drug-likeness (QED) is 0.485. The van der Waals surface area contributed by atoms with Gasteiger partial charge in [0.15, 0.2) is 11.6 Å². The molecule has 3 N–H and O–H groups in total. The number of halogens is 5. The van der Waals surface area contributed by atoms with Crippen molar-refractivity contribution < 1.29 is 22.0 Å². The maximum absolute atomic E-state index is 13.2. The molecule has 0 saturated heterocycles. The molecule has 18 heavy (non-hydrogen) atoms. The van der Waals surface area contributed by atoms with Crippen molar-refractivity contribution in [3.63, 3.8) is 0 Å². The molecule has 0 aliphatic rings. The van der Waals surface area contributed by atoms with Gasteiger partial charge in [-0.2, -0.15) is 13.2 Å². The first kappa shape index (κ1) is 14.5. The topological polar surface area (TPSA) is 38.0 Å². The molecule has 0 bridgehead atoms. The number of anilines is 2. The lowest BCUT2D eigenvalue weighted by Gasteiger charge is -2.10. The zero-order valence-electron chi connectivity index (χ0n) is 9.45. The van der Waals surface area contributed by atoms with Crippen molar-refractivity contribution in [2.45, 2.75) is 25.4 Å². The molecular formula is C11H13F5N2. The van der Waals surface area contributed by atoms with Crippen molar-refractivity contribution in [2.75, 3.05) is 17.6 Å². The van der Waals surface area contributed by atoms with Gasteiger partial charge in [0.05, 0.1) is 0 Å². The third kappa shape index (κ3) is 4.77. The normalized spacial score (nSPS) is 11.6. The summed E-state index contributed by atoms with van der Waals surface area (Å²) in [5, 5.41) is 2.42. The summed E-state index contributed by atoms with van der Waals surface area (Å²) in [6.07, 6.45) is -5.02. The second-order valence-electron chi connectivity index (χ2n) is 3.86. The Bertz CT molecular complexity index is 380. The van der Waals surface area contributed by atoms with E-state index in [0.29, 0.717) is 0 Å². The number of unbranched alkanes of at least 4 members (excludes halogenated alkanes) is 1. The second-order valence-corrected chi connectivity index (χ2v) is 3.86. The standard InChI is InChI=1S/C11H13F5N2/c12-8-5-7(17)6-9(13)10(8)18-4-2-1-3-11(14,15)16/h5-6,18H,1-4,17H2. The van der Waals surface area contributed by atoms with Gasteiger partial charge >= 0.3 is 6.18 Å². The van der Waals surface area contributed by atoms with Gasteiger partial charge in [-0.05, 0) is 25.0 Å². The van der Waals surface area contributed by atoms with Crippen LogP contribution < -0.4 is 11.1 Å². The Labute approximate surface area is 101 Å². The van der Waals surface area contributed by atoms with Gasteiger partial charge in [0.1, 0.15) is 5.69 Å². The third-order valence-corrected chi connectivity index (χ3v) is 2.25. The number of nitrogens with two attached hydrogens (primary N) is 1.